The lowest BCUT2D eigenvalue weighted by atomic mass is 9.98. The topological polar surface area (TPSA) is 12.0 Å². The van der Waals surface area contributed by atoms with Gasteiger partial charge in [0.15, 0.2) is 0 Å². The van der Waals surface area contributed by atoms with E-state index in [1.54, 1.807) is 18.2 Å². The molecule has 0 radical (unpaired) electrons. The van der Waals surface area contributed by atoms with Crippen molar-refractivity contribution < 1.29 is 4.39 Å². The summed E-state index contributed by atoms with van der Waals surface area (Å²) >= 11 is 15.5. The van der Waals surface area contributed by atoms with Crippen LogP contribution in [-0.2, 0) is 6.42 Å². The molecule has 0 fully saturated rings. The molecule has 2 rings (SSSR count). The fourth-order valence-corrected chi connectivity index (χ4v) is 2.82. The van der Waals surface area contributed by atoms with Crippen LogP contribution >= 0.6 is 39.1 Å². The number of benzene rings is 2. The lowest BCUT2D eigenvalue weighted by molar-refractivity contribution is 0.554. The zero-order valence-electron chi connectivity index (χ0n) is 10.8. The standard InChI is InChI=1S/C15H13BrCl2FN/c1-20-15(12-8-11(17)4-5-13(12)18)6-9-2-3-10(16)7-14(9)19/h2-5,7-8,15,20H,6H2,1H3. The van der Waals surface area contributed by atoms with E-state index >= 15 is 0 Å². The van der Waals surface area contributed by atoms with Crippen LogP contribution in [0, 0.1) is 5.82 Å². The van der Waals surface area contributed by atoms with Crippen molar-refractivity contribution in [2.75, 3.05) is 7.05 Å². The minimum Gasteiger partial charge on any atom is -0.313 e. The van der Waals surface area contributed by atoms with Gasteiger partial charge < -0.3 is 5.32 Å². The summed E-state index contributed by atoms with van der Waals surface area (Å²) in [6.07, 6.45) is 0.496. The zero-order valence-corrected chi connectivity index (χ0v) is 13.9. The average Bonchev–Trinajstić information content (AvgIpc) is 2.41. The molecule has 106 valence electrons. The fourth-order valence-electron chi connectivity index (χ4n) is 2.06. The third-order valence-electron chi connectivity index (χ3n) is 3.12. The van der Waals surface area contributed by atoms with Crippen LogP contribution in [0.25, 0.3) is 0 Å². The molecule has 0 aromatic heterocycles. The van der Waals surface area contributed by atoms with Crippen molar-refractivity contribution in [3.05, 3.63) is 67.9 Å². The van der Waals surface area contributed by atoms with Crippen molar-refractivity contribution in [2.45, 2.75) is 12.5 Å². The summed E-state index contributed by atoms with van der Waals surface area (Å²) < 4.78 is 14.6. The van der Waals surface area contributed by atoms with Crippen molar-refractivity contribution in [2.24, 2.45) is 0 Å². The largest absolute Gasteiger partial charge is 0.313 e. The van der Waals surface area contributed by atoms with Crippen LogP contribution < -0.4 is 5.32 Å². The van der Waals surface area contributed by atoms with Crippen molar-refractivity contribution >= 4 is 39.1 Å². The Balaban J connectivity index is 2.31. The highest BCUT2D eigenvalue weighted by molar-refractivity contribution is 9.10. The molecule has 0 heterocycles. The maximum absolute atomic E-state index is 13.9. The molecule has 0 aliphatic heterocycles. The van der Waals surface area contributed by atoms with E-state index in [1.165, 1.54) is 6.07 Å². The molecule has 20 heavy (non-hydrogen) atoms. The number of likely N-dealkylation sites (N-methyl/N-ethyl adjacent to an activating group) is 1. The molecular formula is C15H13BrCl2FN. The molecule has 0 amide bonds. The van der Waals surface area contributed by atoms with Crippen LogP contribution in [0.15, 0.2) is 40.9 Å². The zero-order chi connectivity index (χ0) is 14.7. The number of halogens is 4. The van der Waals surface area contributed by atoms with Gasteiger partial charge in [-0.3, -0.25) is 0 Å². The maximum atomic E-state index is 13.9. The molecule has 0 bridgehead atoms. The Labute approximate surface area is 136 Å². The van der Waals surface area contributed by atoms with E-state index in [2.05, 4.69) is 21.2 Å². The third kappa shape index (κ3) is 3.73. The van der Waals surface area contributed by atoms with Gasteiger partial charge in [0, 0.05) is 20.6 Å². The first-order valence-corrected chi connectivity index (χ1v) is 7.62. The van der Waals surface area contributed by atoms with E-state index in [4.69, 9.17) is 23.2 Å². The number of nitrogens with one attached hydrogen (secondary N) is 1. The smallest absolute Gasteiger partial charge is 0.127 e. The summed E-state index contributed by atoms with van der Waals surface area (Å²) in [4.78, 5) is 0. The lowest BCUT2D eigenvalue weighted by Crippen LogP contribution is -2.19. The summed E-state index contributed by atoms with van der Waals surface area (Å²) in [5.41, 5.74) is 1.49. The van der Waals surface area contributed by atoms with Crippen LogP contribution in [0.5, 0.6) is 0 Å². The normalized spacial score (nSPS) is 12.4. The first-order chi connectivity index (χ1) is 9.51. The molecular weight excluding hydrogens is 364 g/mol. The van der Waals surface area contributed by atoms with E-state index in [0.717, 1.165) is 10.0 Å². The summed E-state index contributed by atoms with van der Waals surface area (Å²) in [5.74, 6) is -0.238. The molecule has 1 nitrogen and oxygen atoms in total. The minimum absolute atomic E-state index is 0.100. The summed E-state index contributed by atoms with van der Waals surface area (Å²) in [5, 5.41) is 4.38. The van der Waals surface area contributed by atoms with E-state index < -0.39 is 0 Å². The molecule has 0 aliphatic rings. The van der Waals surface area contributed by atoms with Gasteiger partial charge in [-0.05, 0) is 54.9 Å². The number of hydrogen-bond donors (Lipinski definition) is 1. The SMILES string of the molecule is CNC(Cc1ccc(Br)cc1F)c1cc(Cl)ccc1Cl. The predicted molar refractivity (Wildman–Crippen MR) is 86.1 cm³/mol. The minimum atomic E-state index is -0.238. The van der Waals surface area contributed by atoms with Gasteiger partial charge in [0.25, 0.3) is 0 Å². The lowest BCUT2D eigenvalue weighted by Gasteiger charge is -2.19. The molecule has 1 unspecified atom stereocenters. The first kappa shape index (κ1) is 15.8. The van der Waals surface area contributed by atoms with E-state index in [1.807, 2.05) is 19.2 Å². The Morgan fingerprint density at radius 3 is 2.60 bits per heavy atom. The van der Waals surface area contributed by atoms with Crippen LogP contribution in [0.3, 0.4) is 0 Å². The average molecular weight is 377 g/mol. The van der Waals surface area contributed by atoms with Crippen molar-refractivity contribution in [3.8, 4) is 0 Å². The summed E-state index contributed by atoms with van der Waals surface area (Å²) in [6.45, 7) is 0. The van der Waals surface area contributed by atoms with E-state index in [9.17, 15) is 4.39 Å². The fraction of sp³-hybridized carbons (Fsp3) is 0.200. The van der Waals surface area contributed by atoms with Gasteiger partial charge in [-0.1, -0.05) is 45.2 Å². The Hall–Kier alpha value is -0.610. The second-order valence-corrected chi connectivity index (χ2v) is 6.21. The van der Waals surface area contributed by atoms with Crippen molar-refractivity contribution in [1.29, 1.82) is 0 Å². The summed E-state index contributed by atoms with van der Waals surface area (Å²) in [6, 6.07) is 10.2. The molecule has 1 atom stereocenters. The van der Waals surface area contributed by atoms with Crippen LogP contribution in [0.2, 0.25) is 10.0 Å². The van der Waals surface area contributed by atoms with Gasteiger partial charge in [0.1, 0.15) is 5.82 Å². The van der Waals surface area contributed by atoms with Gasteiger partial charge in [-0.15, -0.1) is 0 Å². The Kier molecular flexibility index (Phi) is 5.44. The van der Waals surface area contributed by atoms with Gasteiger partial charge in [-0.2, -0.15) is 0 Å². The molecule has 2 aromatic carbocycles. The second-order valence-electron chi connectivity index (χ2n) is 4.45. The van der Waals surface area contributed by atoms with Crippen molar-refractivity contribution in [1.82, 2.24) is 5.32 Å². The van der Waals surface area contributed by atoms with Crippen molar-refractivity contribution in [3.63, 3.8) is 0 Å². The van der Waals surface area contributed by atoms with Crippen LogP contribution in [0.4, 0.5) is 4.39 Å². The van der Waals surface area contributed by atoms with E-state index in [0.29, 0.717) is 22.0 Å². The predicted octanol–water partition coefficient (Wildman–Crippen LogP) is 5.40. The number of rotatable bonds is 4. The van der Waals surface area contributed by atoms with Crippen LogP contribution in [0.1, 0.15) is 17.2 Å². The molecule has 2 aromatic rings. The van der Waals surface area contributed by atoms with Gasteiger partial charge in [0.05, 0.1) is 0 Å². The highest BCUT2D eigenvalue weighted by atomic mass is 79.9. The van der Waals surface area contributed by atoms with Crippen LogP contribution in [-0.4, -0.2) is 7.05 Å². The monoisotopic (exact) mass is 375 g/mol. The van der Waals surface area contributed by atoms with Gasteiger partial charge in [-0.25, -0.2) is 4.39 Å². The molecule has 0 saturated carbocycles. The third-order valence-corrected chi connectivity index (χ3v) is 4.19. The Bertz CT molecular complexity index is 619. The van der Waals surface area contributed by atoms with Gasteiger partial charge in [0.2, 0.25) is 0 Å². The Morgan fingerprint density at radius 2 is 1.95 bits per heavy atom. The molecule has 0 aliphatic carbocycles. The first-order valence-electron chi connectivity index (χ1n) is 6.07. The van der Waals surface area contributed by atoms with Gasteiger partial charge >= 0.3 is 0 Å². The highest BCUT2D eigenvalue weighted by Gasteiger charge is 2.16. The highest BCUT2D eigenvalue weighted by Crippen LogP contribution is 2.29. The Morgan fingerprint density at radius 1 is 1.20 bits per heavy atom. The summed E-state index contributed by atoms with van der Waals surface area (Å²) in [7, 11) is 1.82. The molecule has 5 heteroatoms. The molecule has 1 N–H and O–H groups in total. The molecule has 0 saturated heterocycles. The maximum Gasteiger partial charge on any atom is 0.127 e. The quantitative estimate of drug-likeness (QED) is 0.753. The second kappa shape index (κ2) is 6.90. The van der Waals surface area contributed by atoms with E-state index in [-0.39, 0.29) is 11.9 Å². The number of hydrogen-bond acceptors (Lipinski definition) is 1. The molecule has 0 spiro atoms.